The van der Waals surface area contributed by atoms with Crippen molar-refractivity contribution in [1.29, 1.82) is 0 Å². The van der Waals surface area contributed by atoms with E-state index in [9.17, 15) is 9.90 Å². The van der Waals surface area contributed by atoms with Crippen molar-refractivity contribution in [3.63, 3.8) is 0 Å². The Bertz CT molecular complexity index is 1060. The van der Waals surface area contributed by atoms with E-state index in [-0.39, 0.29) is 42.2 Å². The van der Waals surface area contributed by atoms with Crippen molar-refractivity contribution in [3.8, 4) is 11.4 Å². The zero-order valence-corrected chi connectivity index (χ0v) is 20.8. The maximum atomic E-state index is 12.2. The zero-order valence-electron chi connectivity index (χ0n) is 18.4. The van der Waals surface area contributed by atoms with Gasteiger partial charge in [0.05, 0.1) is 24.5 Å². The number of carbonyl (C=O) groups excluding carboxylic acids is 1. The number of para-hydroxylation sites is 1. The number of nitrogens with zero attached hydrogens (tertiary/aromatic N) is 3. The van der Waals surface area contributed by atoms with Gasteiger partial charge in [0, 0.05) is 17.9 Å². The molecule has 0 saturated heterocycles. The Morgan fingerprint density at radius 1 is 1.09 bits per heavy atom. The number of aromatic hydroxyl groups is 1. The molecule has 32 heavy (non-hydrogen) atoms. The van der Waals surface area contributed by atoms with Crippen LogP contribution in [0.2, 0.25) is 0 Å². The lowest BCUT2D eigenvalue weighted by atomic mass is 10.2. The van der Waals surface area contributed by atoms with Gasteiger partial charge in [0.15, 0.2) is 5.96 Å². The fourth-order valence-corrected chi connectivity index (χ4v) is 3.14. The Kier molecular flexibility index (Phi) is 9.51. The number of hydrogen-bond donors (Lipinski definition) is 4. The lowest BCUT2D eigenvalue weighted by molar-refractivity contribution is -0.115. The summed E-state index contributed by atoms with van der Waals surface area (Å²) in [4.78, 5) is 16.9. The molecule has 1 amide bonds. The summed E-state index contributed by atoms with van der Waals surface area (Å²) in [6.07, 6.45) is 0. The summed E-state index contributed by atoms with van der Waals surface area (Å²) in [7, 11) is 0. The van der Waals surface area contributed by atoms with Crippen molar-refractivity contribution < 1.29 is 9.90 Å². The van der Waals surface area contributed by atoms with Crippen molar-refractivity contribution in [2.75, 3.05) is 18.4 Å². The number of rotatable bonds is 7. The van der Waals surface area contributed by atoms with Crippen molar-refractivity contribution in [2.45, 2.75) is 27.3 Å². The van der Waals surface area contributed by atoms with Crippen LogP contribution >= 0.6 is 24.0 Å². The minimum Gasteiger partial charge on any atom is -0.508 e. The van der Waals surface area contributed by atoms with Crippen LogP contribution in [0.4, 0.5) is 5.69 Å². The molecular weight excluding hydrogens is 519 g/mol. The molecule has 8 nitrogen and oxygen atoms in total. The van der Waals surface area contributed by atoms with Gasteiger partial charge in [-0.05, 0) is 62.7 Å². The number of carbonyl (C=O) groups is 1. The number of hydrogen-bond acceptors (Lipinski definition) is 4. The first-order valence-electron chi connectivity index (χ1n) is 10.2. The third kappa shape index (κ3) is 6.98. The second kappa shape index (κ2) is 12.1. The molecule has 0 bridgehead atoms. The monoisotopic (exact) mass is 548 g/mol. The molecule has 0 saturated carbocycles. The van der Waals surface area contributed by atoms with Gasteiger partial charge in [0.2, 0.25) is 5.91 Å². The van der Waals surface area contributed by atoms with Gasteiger partial charge in [0.25, 0.3) is 0 Å². The van der Waals surface area contributed by atoms with Crippen LogP contribution in [-0.2, 0) is 11.3 Å². The summed E-state index contributed by atoms with van der Waals surface area (Å²) >= 11 is 0. The molecule has 3 aromatic rings. The first-order chi connectivity index (χ1) is 15.0. The number of guanidine groups is 1. The highest BCUT2D eigenvalue weighted by atomic mass is 127. The number of aromatic nitrogens is 2. The fourth-order valence-electron chi connectivity index (χ4n) is 3.14. The smallest absolute Gasteiger partial charge is 0.243 e. The van der Waals surface area contributed by atoms with Gasteiger partial charge in [-0.1, -0.05) is 18.2 Å². The van der Waals surface area contributed by atoms with E-state index in [1.165, 1.54) is 12.1 Å². The second-order valence-corrected chi connectivity index (χ2v) is 7.11. The molecule has 1 aromatic heterocycles. The minimum atomic E-state index is -0.209. The van der Waals surface area contributed by atoms with E-state index in [1.54, 1.807) is 12.1 Å². The Morgan fingerprint density at radius 3 is 2.47 bits per heavy atom. The van der Waals surface area contributed by atoms with Crippen LogP contribution < -0.4 is 16.0 Å². The molecule has 0 atom stereocenters. The lowest BCUT2D eigenvalue weighted by Gasteiger charge is -2.13. The summed E-state index contributed by atoms with van der Waals surface area (Å²) in [5.41, 5.74) is 4.65. The van der Waals surface area contributed by atoms with Crippen molar-refractivity contribution in [1.82, 2.24) is 20.4 Å². The summed E-state index contributed by atoms with van der Waals surface area (Å²) in [5, 5.41) is 22.9. The van der Waals surface area contributed by atoms with Crippen LogP contribution in [0.15, 0.2) is 59.6 Å². The van der Waals surface area contributed by atoms with Gasteiger partial charge in [0.1, 0.15) is 5.75 Å². The van der Waals surface area contributed by atoms with Crippen molar-refractivity contribution >= 4 is 41.5 Å². The van der Waals surface area contributed by atoms with Gasteiger partial charge >= 0.3 is 0 Å². The lowest BCUT2D eigenvalue weighted by Crippen LogP contribution is -2.41. The maximum absolute atomic E-state index is 12.2. The Hall–Kier alpha value is -3.08. The number of halogens is 1. The number of aliphatic imine (C=N–C) groups is 1. The normalized spacial score (nSPS) is 10.9. The molecule has 0 aliphatic carbocycles. The number of nitrogens with one attached hydrogen (secondary N) is 3. The van der Waals surface area contributed by atoms with Crippen LogP contribution in [-0.4, -0.2) is 39.8 Å². The molecule has 0 spiro atoms. The van der Waals surface area contributed by atoms with Crippen LogP contribution in [0, 0.1) is 13.8 Å². The van der Waals surface area contributed by atoms with E-state index in [0.717, 1.165) is 22.6 Å². The Morgan fingerprint density at radius 2 is 1.81 bits per heavy atom. The third-order valence-corrected chi connectivity index (χ3v) is 4.55. The second-order valence-electron chi connectivity index (χ2n) is 7.11. The van der Waals surface area contributed by atoms with Gasteiger partial charge in [-0.2, -0.15) is 5.10 Å². The highest BCUT2D eigenvalue weighted by molar-refractivity contribution is 14.0. The molecule has 4 N–H and O–H groups in total. The van der Waals surface area contributed by atoms with E-state index >= 15 is 0 Å². The molecule has 1 heterocycles. The van der Waals surface area contributed by atoms with Gasteiger partial charge in [-0.15, -0.1) is 24.0 Å². The fraction of sp³-hybridized carbons (Fsp3) is 0.261. The molecule has 3 rings (SSSR count). The predicted octanol–water partition coefficient (Wildman–Crippen LogP) is 3.51. The number of anilines is 1. The van der Waals surface area contributed by atoms with Crippen molar-refractivity contribution in [3.05, 3.63) is 71.5 Å². The molecule has 170 valence electrons. The number of phenols is 1. The largest absolute Gasteiger partial charge is 0.508 e. The van der Waals surface area contributed by atoms with E-state index in [2.05, 4.69) is 26.0 Å². The van der Waals surface area contributed by atoms with Crippen LogP contribution in [0.3, 0.4) is 0 Å². The zero-order chi connectivity index (χ0) is 22.2. The molecular formula is C23H29IN6O2. The molecule has 9 heteroatoms. The molecule has 0 fully saturated rings. The first kappa shape index (κ1) is 25.2. The SMILES string of the molecule is CCNC(=NCc1ccccc1-n1nc(C)cc1C)NCC(=O)Nc1ccc(O)cc1.I. The van der Waals surface area contributed by atoms with E-state index in [4.69, 9.17) is 0 Å². The molecule has 0 radical (unpaired) electrons. The summed E-state index contributed by atoms with van der Waals surface area (Å²) in [6.45, 7) is 7.14. The van der Waals surface area contributed by atoms with Crippen molar-refractivity contribution in [2.24, 2.45) is 4.99 Å². The Balaban J connectivity index is 0.00000363. The van der Waals surface area contributed by atoms with Gasteiger partial charge < -0.3 is 21.1 Å². The molecule has 2 aromatic carbocycles. The number of phenolic OH excluding ortho intramolecular Hbond substituents is 1. The van der Waals surface area contributed by atoms with Gasteiger partial charge in [-0.3, -0.25) is 4.79 Å². The van der Waals surface area contributed by atoms with Gasteiger partial charge in [-0.25, -0.2) is 9.67 Å². The van der Waals surface area contributed by atoms with E-state index < -0.39 is 0 Å². The number of aryl methyl sites for hydroxylation is 2. The topological polar surface area (TPSA) is 104 Å². The summed E-state index contributed by atoms with van der Waals surface area (Å²) < 4.78 is 1.92. The third-order valence-electron chi connectivity index (χ3n) is 4.55. The van der Waals surface area contributed by atoms with E-state index in [0.29, 0.717) is 24.7 Å². The average molecular weight is 548 g/mol. The first-order valence-corrected chi connectivity index (χ1v) is 10.2. The highest BCUT2D eigenvalue weighted by Crippen LogP contribution is 2.18. The summed E-state index contributed by atoms with van der Waals surface area (Å²) in [6, 6.07) is 16.4. The molecule has 0 aliphatic heterocycles. The molecule has 0 unspecified atom stereocenters. The van der Waals surface area contributed by atoms with Crippen LogP contribution in [0.1, 0.15) is 23.9 Å². The number of amides is 1. The predicted molar refractivity (Wildman–Crippen MR) is 138 cm³/mol. The molecule has 0 aliphatic rings. The highest BCUT2D eigenvalue weighted by Gasteiger charge is 2.09. The van der Waals surface area contributed by atoms with Crippen LogP contribution in [0.5, 0.6) is 5.75 Å². The van der Waals surface area contributed by atoms with Crippen LogP contribution in [0.25, 0.3) is 5.69 Å². The maximum Gasteiger partial charge on any atom is 0.243 e. The quantitative estimate of drug-likeness (QED) is 0.157. The summed E-state index contributed by atoms with van der Waals surface area (Å²) in [5.74, 6) is 0.490. The van der Waals surface area contributed by atoms with E-state index in [1.807, 2.05) is 55.8 Å². The average Bonchev–Trinajstić information content (AvgIpc) is 3.09. The number of benzene rings is 2. The minimum absolute atomic E-state index is 0. The Labute approximate surface area is 205 Å². The standard InChI is InChI=1S/C23H28N6O2.HI/c1-4-24-23(26-15-22(31)27-19-9-11-20(30)12-10-19)25-14-18-7-5-6-8-21(18)29-17(3)13-16(2)28-29;/h5-13,30H,4,14-15H2,1-3H3,(H,27,31)(H2,24,25,26);1H.